The predicted octanol–water partition coefficient (Wildman–Crippen LogP) is 6.09. The van der Waals surface area contributed by atoms with Gasteiger partial charge in [-0.3, -0.25) is 4.90 Å². The van der Waals surface area contributed by atoms with E-state index < -0.39 is 52.0 Å². The molecule has 1 saturated carbocycles. The topological polar surface area (TPSA) is 127 Å². The molecule has 51 heavy (non-hydrogen) atoms. The van der Waals surface area contributed by atoms with Crippen LogP contribution >= 0.6 is 0 Å². The molecule has 5 rings (SSSR count). The second-order valence-corrected chi connectivity index (χ2v) is 14.1. The van der Waals surface area contributed by atoms with Crippen LogP contribution < -0.4 is 24.8 Å². The lowest BCUT2D eigenvalue weighted by atomic mass is 9.82. The molecule has 1 saturated heterocycles. The van der Waals surface area contributed by atoms with Crippen LogP contribution in [-0.4, -0.2) is 101 Å². The molecule has 0 unspecified atom stereocenters. The Morgan fingerprint density at radius 1 is 0.843 bits per heavy atom. The smallest absolute Gasteiger partial charge is 0.422 e. The maximum Gasteiger partial charge on any atom is 0.422 e. The van der Waals surface area contributed by atoms with Gasteiger partial charge in [0.25, 0.3) is 0 Å². The van der Waals surface area contributed by atoms with Crippen LogP contribution in [0.3, 0.4) is 0 Å². The molecule has 0 bridgehead atoms. The molecule has 0 radical (unpaired) electrons. The first-order valence-corrected chi connectivity index (χ1v) is 17.8. The Bertz CT molecular complexity index is 1670. The second-order valence-electron chi connectivity index (χ2n) is 12.3. The average molecular weight is 751 g/mol. The molecule has 1 aliphatic carbocycles. The molecular weight excluding hydrogens is 706 g/mol. The number of nitrogens with one attached hydrogen (secondary N) is 3. The molecule has 3 aromatic rings. The summed E-state index contributed by atoms with van der Waals surface area (Å²) in [6.07, 6.45) is -6.57. The molecule has 2 aromatic carbocycles. The fraction of sp³-hybridized carbons (Fsp3) is 0.576. The molecule has 0 amide bonds. The number of sulfonamides is 1. The molecule has 2 heterocycles. The summed E-state index contributed by atoms with van der Waals surface area (Å²) in [6.45, 7) is 1.93. The van der Waals surface area contributed by atoms with E-state index in [1.54, 1.807) is 0 Å². The third kappa shape index (κ3) is 12.5. The number of morpholine rings is 1. The maximum absolute atomic E-state index is 13.2. The average Bonchev–Trinajstić information content (AvgIpc) is 3.08. The SMILES string of the molecule is C.O=S(=O)(NCC1CCC(CNc2nc(NCCN3CCOCC3)c3ccccc3n2)CC1)c1cc(OCC(F)(F)F)ccc1OCC(F)(F)F. The molecule has 1 aliphatic heterocycles. The van der Waals surface area contributed by atoms with Gasteiger partial charge >= 0.3 is 12.4 Å². The van der Waals surface area contributed by atoms with Gasteiger partial charge in [0.2, 0.25) is 16.0 Å². The summed E-state index contributed by atoms with van der Waals surface area (Å²) in [7, 11) is -4.48. The molecule has 2 fully saturated rings. The van der Waals surface area contributed by atoms with Crippen molar-refractivity contribution in [2.75, 3.05) is 76.3 Å². The predicted molar refractivity (Wildman–Crippen MR) is 181 cm³/mol. The quantitative estimate of drug-likeness (QED) is 0.157. The lowest BCUT2D eigenvalue weighted by Crippen LogP contribution is -2.39. The van der Waals surface area contributed by atoms with Gasteiger partial charge in [0.15, 0.2) is 13.2 Å². The Kier molecular flexibility index (Phi) is 14.0. The second kappa shape index (κ2) is 17.7. The van der Waals surface area contributed by atoms with E-state index in [4.69, 9.17) is 9.72 Å². The number of ether oxygens (including phenoxy) is 3. The fourth-order valence-corrected chi connectivity index (χ4v) is 7.13. The Morgan fingerprint density at radius 3 is 2.18 bits per heavy atom. The summed E-state index contributed by atoms with van der Waals surface area (Å²) in [5.74, 6) is 0.297. The number of aromatic nitrogens is 2. The third-order valence-electron chi connectivity index (χ3n) is 8.50. The van der Waals surface area contributed by atoms with Gasteiger partial charge in [0.05, 0.1) is 18.7 Å². The highest BCUT2D eigenvalue weighted by atomic mass is 32.2. The van der Waals surface area contributed by atoms with Crippen LogP contribution in [0, 0.1) is 11.8 Å². The first-order chi connectivity index (χ1) is 23.7. The summed E-state index contributed by atoms with van der Waals surface area (Å²) >= 11 is 0. The minimum atomic E-state index is -4.77. The molecule has 0 atom stereocenters. The van der Waals surface area contributed by atoms with Gasteiger partial charge in [-0.25, -0.2) is 18.1 Å². The van der Waals surface area contributed by atoms with Crippen LogP contribution in [0.15, 0.2) is 47.4 Å². The van der Waals surface area contributed by atoms with Crippen LogP contribution in [0.4, 0.5) is 38.1 Å². The molecule has 1 aromatic heterocycles. The zero-order valence-electron chi connectivity index (χ0n) is 27.2. The van der Waals surface area contributed by atoms with Crippen molar-refractivity contribution in [2.24, 2.45) is 11.8 Å². The number of anilines is 2. The molecular formula is C33H44F6N6O5S. The minimum Gasteiger partial charge on any atom is -0.484 e. The standard InChI is InChI=1S/C32H40F6N6O5S.CH4/c33-31(34,35)20-48-24-9-10-27(49-21-32(36,37)38)28(17-24)50(45,46)41-19-23-7-5-22(6-8-23)18-40-30-42-26-4-2-1-3-25(26)29(43-30)39-11-12-44-13-15-47-16-14-44;/h1-4,9-10,17,22-23,41H,5-8,11-16,18-21H2,(H2,39,40,42,43);1H4. The zero-order chi connectivity index (χ0) is 35.8. The van der Waals surface area contributed by atoms with Crippen molar-refractivity contribution in [2.45, 2.75) is 50.4 Å². The van der Waals surface area contributed by atoms with E-state index in [0.717, 1.165) is 80.6 Å². The molecule has 2 aliphatic rings. The van der Waals surface area contributed by atoms with E-state index in [9.17, 15) is 34.8 Å². The number of benzene rings is 2. The van der Waals surface area contributed by atoms with E-state index in [-0.39, 0.29) is 25.8 Å². The van der Waals surface area contributed by atoms with Crippen LogP contribution in [0.25, 0.3) is 10.9 Å². The molecule has 11 nitrogen and oxygen atoms in total. The number of alkyl halides is 6. The summed E-state index contributed by atoms with van der Waals surface area (Å²) in [4.78, 5) is 11.0. The van der Waals surface area contributed by atoms with E-state index >= 15 is 0 Å². The van der Waals surface area contributed by atoms with Crippen molar-refractivity contribution >= 4 is 32.7 Å². The van der Waals surface area contributed by atoms with Gasteiger partial charge < -0.3 is 24.8 Å². The normalized spacial score (nSPS) is 18.9. The van der Waals surface area contributed by atoms with E-state index in [2.05, 4.69) is 34.7 Å². The van der Waals surface area contributed by atoms with Crippen LogP contribution in [0.5, 0.6) is 11.5 Å². The van der Waals surface area contributed by atoms with Gasteiger partial charge in [0.1, 0.15) is 22.2 Å². The van der Waals surface area contributed by atoms with Gasteiger partial charge in [-0.1, -0.05) is 19.6 Å². The zero-order valence-corrected chi connectivity index (χ0v) is 28.0. The van der Waals surface area contributed by atoms with Crippen molar-refractivity contribution in [3.05, 3.63) is 42.5 Å². The first kappa shape index (κ1) is 40.2. The van der Waals surface area contributed by atoms with Crippen molar-refractivity contribution in [3.8, 4) is 11.5 Å². The van der Waals surface area contributed by atoms with Crippen molar-refractivity contribution in [3.63, 3.8) is 0 Å². The molecule has 0 spiro atoms. The van der Waals surface area contributed by atoms with Gasteiger partial charge in [-0.05, 0) is 61.8 Å². The largest absolute Gasteiger partial charge is 0.484 e. The lowest BCUT2D eigenvalue weighted by molar-refractivity contribution is -0.154. The number of hydrogen-bond donors (Lipinski definition) is 3. The molecule has 18 heteroatoms. The maximum atomic E-state index is 13.2. The van der Waals surface area contributed by atoms with Crippen LogP contribution in [-0.2, 0) is 14.8 Å². The van der Waals surface area contributed by atoms with Gasteiger partial charge in [0, 0.05) is 50.7 Å². The highest BCUT2D eigenvalue weighted by Crippen LogP contribution is 2.33. The number of halogens is 6. The summed E-state index contributed by atoms with van der Waals surface area (Å²) in [6, 6.07) is 10.2. The highest BCUT2D eigenvalue weighted by Gasteiger charge is 2.32. The van der Waals surface area contributed by atoms with Gasteiger partial charge in [-0.2, -0.15) is 31.3 Å². The van der Waals surface area contributed by atoms with Crippen molar-refractivity contribution in [1.29, 1.82) is 0 Å². The Morgan fingerprint density at radius 2 is 1.49 bits per heavy atom. The number of rotatable bonds is 15. The molecule has 3 N–H and O–H groups in total. The van der Waals surface area contributed by atoms with E-state index in [0.29, 0.717) is 31.9 Å². The number of hydrogen-bond acceptors (Lipinski definition) is 10. The Hall–Kier alpha value is -3.61. The van der Waals surface area contributed by atoms with Crippen LogP contribution in [0.1, 0.15) is 33.1 Å². The highest BCUT2D eigenvalue weighted by molar-refractivity contribution is 7.89. The van der Waals surface area contributed by atoms with Crippen LogP contribution in [0.2, 0.25) is 0 Å². The minimum absolute atomic E-state index is 0. The van der Waals surface area contributed by atoms with Crippen molar-refractivity contribution in [1.82, 2.24) is 19.6 Å². The first-order valence-electron chi connectivity index (χ1n) is 16.3. The van der Waals surface area contributed by atoms with E-state index in [1.807, 2.05) is 24.3 Å². The Labute approximate surface area is 293 Å². The summed E-state index contributed by atoms with van der Waals surface area (Å²) < 4.78 is 120. The summed E-state index contributed by atoms with van der Waals surface area (Å²) in [5.41, 5.74) is 0.805. The summed E-state index contributed by atoms with van der Waals surface area (Å²) in [5, 5.41) is 7.72. The third-order valence-corrected chi connectivity index (χ3v) is 9.95. The number of para-hydroxylation sites is 1. The number of fused-ring (bicyclic) bond motifs is 1. The lowest BCUT2D eigenvalue weighted by Gasteiger charge is -2.29. The number of nitrogens with zero attached hydrogens (tertiary/aromatic N) is 3. The monoisotopic (exact) mass is 750 g/mol. The van der Waals surface area contributed by atoms with E-state index in [1.165, 1.54) is 0 Å². The molecule has 284 valence electrons. The fourth-order valence-electron chi connectivity index (χ4n) is 5.86. The Balaban J connectivity index is 0.00000583. The van der Waals surface area contributed by atoms with Gasteiger partial charge in [-0.15, -0.1) is 0 Å². The van der Waals surface area contributed by atoms with Crippen molar-refractivity contribution < 1.29 is 49.0 Å².